The van der Waals surface area contributed by atoms with Crippen LogP contribution in [0.25, 0.3) is 22.3 Å². The number of para-hydroxylation sites is 1. The van der Waals surface area contributed by atoms with E-state index in [2.05, 4.69) is 37.2 Å². The Kier molecular flexibility index (Phi) is 6.26. The quantitative estimate of drug-likeness (QED) is 0.361. The van der Waals surface area contributed by atoms with Gasteiger partial charge in [-0.2, -0.15) is 4.99 Å². The van der Waals surface area contributed by atoms with Crippen LogP contribution >= 0.6 is 0 Å². The highest BCUT2D eigenvalue weighted by Crippen LogP contribution is 2.24. The number of guanidine groups is 1. The molecule has 2 aromatic carbocycles. The number of benzene rings is 2. The smallest absolute Gasteiger partial charge is 0.289 e. The predicted molar refractivity (Wildman–Crippen MR) is 117 cm³/mol. The third-order valence-electron chi connectivity index (χ3n) is 3.93. The van der Waals surface area contributed by atoms with Crippen LogP contribution in [0, 0.1) is 0 Å². The molecule has 1 aromatic heterocycles. The maximum absolute atomic E-state index is 12.1. The molecule has 0 aliphatic rings. The van der Waals surface area contributed by atoms with Gasteiger partial charge in [0.25, 0.3) is 5.91 Å². The normalized spacial score (nSPS) is 11.9. The second kappa shape index (κ2) is 9.23. The first-order valence-electron chi connectivity index (χ1n) is 8.91. The number of fused-ring (bicyclic) bond motifs is 1. The highest BCUT2D eigenvalue weighted by atomic mass is 16.2. The number of anilines is 1. The highest BCUT2D eigenvalue weighted by Gasteiger charge is 2.12. The first-order valence-corrected chi connectivity index (χ1v) is 8.91. The van der Waals surface area contributed by atoms with Gasteiger partial charge in [0, 0.05) is 24.5 Å². The SMILES string of the molecule is C=CCNC(=O)C(N=C(N)Nc1nc(-c2ccccc2)nc2ccccc12)=NC. The Morgan fingerprint density at radius 1 is 1.14 bits per heavy atom. The molecule has 0 fully saturated rings. The van der Waals surface area contributed by atoms with Gasteiger partial charge in [-0.3, -0.25) is 9.79 Å². The van der Waals surface area contributed by atoms with Crippen molar-refractivity contribution in [1.82, 2.24) is 15.3 Å². The van der Waals surface area contributed by atoms with Gasteiger partial charge in [0.1, 0.15) is 5.82 Å². The Morgan fingerprint density at radius 3 is 2.59 bits per heavy atom. The fourth-order valence-electron chi connectivity index (χ4n) is 2.60. The third-order valence-corrected chi connectivity index (χ3v) is 3.93. The second-order valence-corrected chi connectivity index (χ2v) is 5.95. The molecule has 0 saturated carbocycles. The molecular weight excluding hydrogens is 366 g/mol. The van der Waals surface area contributed by atoms with Gasteiger partial charge in [-0.25, -0.2) is 9.97 Å². The first kappa shape index (κ1) is 19.7. The lowest BCUT2D eigenvalue weighted by Gasteiger charge is -2.11. The van der Waals surface area contributed by atoms with E-state index < -0.39 is 5.91 Å². The number of carbonyl (C=O) groups excluding carboxylic acids is 1. The fourth-order valence-corrected chi connectivity index (χ4v) is 2.60. The lowest BCUT2D eigenvalue weighted by molar-refractivity contribution is -0.114. The first-order chi connectivity index (χ1) is 14.1. The molecule has 0 aliphatic heterocycles. The van der Waals surface area contributed by atoms with E-state index in [-0.39, 0.29) is 11.8 Å². The number of amidine groups is 1. The molecule has 8 heteroatoms. The molecule has 0 saturated heterocycles. The van der Waals surface area contributed by atoms with Crippen molar-refractivity contribution in [2.75, 3.05) is 18.9 Å². The van der Waals surface area contributed by atoms with Gasteiger partial charge in [-0.05, 0) is 12.1 Å². The van der Waals surface area contributed by atoms with Crippen molar-refractivity contribution in [3.8, 4) is 11.4 Å². The van der Waals surface area contributed by atoms with Crippen molar-refractivity contribution in [2.45, 2.75) is 0 Å². The van der Waals surface area contributed by atoms with E-state index >= 15 is 0 Å². The molecule has 4 N–H and O–H groups in total. The van der Waals surface area contributed by atoms with Gasteiger partial charge in [0.2, 0.25) is 11.8 Å². The van der Waals surface area contributed by atoms with Crippen molar-refractivity contribution < 1.29 is 4.79 Å². The minimum atomic E-state index is -0.449. The summed E-state index contributed by atoms with van der Waals surface area (Å²) in [7, 11) is 1.47. The van der Waals surface area contributed by atoms with Crippen LogP contribution < -0.4 is 16.4 Å². The van der Waals surface area contributed by atoms with Gasteiger partial charge < -0.3 is 16.4 Å². The molecule has 3 aromatic rings. The molecule has 29 heavy (non-hydrogen) atoms. The number of amides is 1. The van der Waals surface area contributed by atoms with Crippen molar-refractivity contribution in [3.63, 3.8) is 0 Å². The highest BCUT2D eigenvalue weighted by molar-refractivity contribution is 6.40. The molecule has 0 spiro atoms. The molecule has 0 bridgehead atoms. The maximum atomic E-state index is 12.1. The number of nitrogens with one attached hydrogen (secondary N) is 2. The Morgan fingerprint density at radius 2 is 1.86 bits per heavy atom. The molecule has 1 heterocycles. The van der Waals surface area contributed by atoms with Crippen molar-refractivity contribution in [2.24, 2.45) is 15.7 Å². The fraction of sp³-hybridized carbons (Fsp3) is 0.0952. The average Bonchev–Trinajstić information content (AvgIpc) is 2.76. The molecule has 0 unspecified atom stereocenters. The van der Waals surface area contributed by atoms with Crippen LogP contribution in [0.5, 0.6) is 0 Å². The number of aliphatic imine (C=N–C) groups is 2. The molecule has 0 atom stereocenters. The number of carbonyl (C=O) groups is 1. The van der Waals surface area contributed by atoms with Crippen molar-refractivity contribution in [3.05, 3.63) is 67.3 Å². The van der Waals surface area contributed by atoms with E-state index in [1.807, 2.05) is 54.6 Å². The zero-order chi connectivity index (χ0) is 20.6. The summed E-state index contributed by atoms with van der Waals surface area (Å²) in [6, 6.07) is 17.2. The van der Waals surface area contributed by atoms with E-state index in [1.165, 1.54) is 7.05 Å². The van der Waals surface area contributed by atoms with Crippen LogP contribution in [0.4, 0.5) is 5.82 Å². The van der Waals surface area contributed by atoms with E-state index in [0.29, 0.717) is 18.2 Å². The second-order valence-electron chi connectivity index (χ2n) is 5.95. The van der Waals surface area contributed by atoms with E-state index in [9.17, 15) is 4.79 Å². The van der Waals surface area contributed by atoms with E-state index in [4.69, 9.17) is 5.73 Å². The predicted octanol–water partition coefficient (Wildman–Crippen LogP) is 2.35. The molecule has 3 rings (SSSR count). The number of aromatic nitrogens is 2. The molecule has 146 valence electrons. The summed E-state index contributed by atoms with van der Waals surface area (Å²) in [5, 5.41) is 6.35. The van der Waals surface area contributed by atoms with Crippen molar-refractivity contribution in [1.29, 1.82) is 0 Å². The Bertz CT molecular complexity index is 1090. The molecule has 1 amide bonds. The van der Waals surface area contributed by atoms with Crippen LogP contribution in [0.3, 0.4) is 0 Å². The zero-order valence-corrected chi connectivity index (χ0v) is 16.0. The Balaban J connectivity index is 1.96. The van der Waals surface area contributed by atoms with E-state index in [1.54, 1.807) is 6.08 Å². The third kappa shape index (κ3) is 4.81. The number of nitrogens with two attached hydrogens (primary N) is 1. The Hall–Kier alpha value is -4.07. The average molecular weight is 387 g/mol. The number of nitrogens with zero attached hydrogens (tertiary/aromatic N) is 4. The van der Waals surface area contributed by atoms with E-state index in [0.717, 1.165) is 16.5 Å². The number of hydrogen-bond acceptors (Lipinski definition) is 4. The standard InChI is InChI=1S/C21H21N7O/c1-3-13-24-20(29)19(23-2)28-21(22)27-18-15-11-7-8-12-16(15)25-17(26-18)14-9-5-4-6-10-14/h3-12H,1,13H2,2H3,(H,24,29)(H3,22,23,25,26,27,28). The van der Waals surface area contributed by atoms with Crippen LogP contribution in [0.1, 0.15) is 0 Å². The monoisotopic (exact) mass is 387 g/mol. The molecular formula is C21H21N7O. The van der Waals surface area contributed by atoms with Gasteiger partial charge in [0.05, 0.1) is 5.52 Å². The largest absolute Gasteiger partial charge is 0.369 e. The van der Waals surface area contributed by atoms with Gasteiger partial charge in [-0.15, -0.1) is 6.58 Å². The molecule has 0 radical (unpaired) electrons. The minimum Gasteiger partial charge on any atom is -0.369 e. The van der Waals surface area contributed by atoms with Crippen LogP contribution in [0.2, 0.25) is 0 Å². The maximum Gasteiger partial charge on any atom is 0.289 e. The number of hydrogen-bond donors (Lipinski definition) is 3. The topological polar surface area (TPSA) is 118 Å². The van der Waals surface area contributed by atoms with Crippen molar-refractivity contribution >= 4 is 34.4 Å². The summed E-state index contributed by atoms with van der Waals surface area (Å²) in [5.41, 5.74) is 7.65. The Labute approximate surface area is 168 Å². The summed E-state index contributed by atoms with van der Waals surface area (Å²) >= 11 is 0. The lowest BCUT2D eigenvalue weighted by atomic mass is 10.2. The zero-order valence-electron chi connectivity index (χ0n) is 16.0. The number of rotatable bonds is 4. The van der Waals surface area contributed by atoms with Gasteiger partial charge in [-0.1, -0.05) is 48.5 Å². The minimum absolute atomic E-state index is 0.0118. The van der Waals surface area contributed by atoms with Crippen LogP contribution in [-0.4, -0.2) is 41.3 Å². The summed E-state index contributed by atoms with van der Waals surface area (Å²) < 4.78 is 0. The van der Waals surface area contributed by atoms with Gasteiger partial charge in [0.15, 0.2) is 5.82 Å². The summed E-state index contributed by atoms with van der Waals surface area (Å²) in [4.78, 5) is 29.3. The van der Waals surface area contributed by atoms with Gasteiger partial charge >= 0.3 is 0 Å². The summed E-state index contributed by atoms with van der Waals surface area (Å²) in [6.45, 7) is 3.86. The molecule has 0 aliphatic carbocycles. The van der Waals surface area contributed by atoms with Crippen LogP contribution in [0.15, 0.2) is 77.2 Å². The summed E-state index contributed by atoms with van der Waals surface area (Å²) in [5.74, 6) is 0.515. The summed E-state index contributed by atoms with van der Waals surface area (Å²) in [6.07, 6.45) is 1.56. The lowest BCUT2D eigenvalue weighted by Crippen LogP contribution is -2.33. The van der Waals surface area contributed by atoms with Crippen LogP contribution in [-0.2, 0) is 4.79 Å². The molecule has 8 nitrogen and oxygen atoms in total.